The van der Waals surface area contributed by atoms with Crippen LogP contribution in [0.2, 0.25) is 5.04 Å². The molecule has 1 N–H and O–H groups in total. The third kappa shape index (κ3) is 6.42. The molecule has 1 aliphatic rings. The zero-order valence-electron chi connectivity index (χ0n) is 23.8. The summed E-state index contributed by atoms with van der Waals surface area (Å²) in [6, 6.07) is 20.6. The summed E-state index contributed by atoms with van der Waals surface area (Å²) < 4.78 is 13.0. The Morgan fingerprint density at radius 3 is 1.95 bits per heavy atom. The normalized spacial score (nSPS) is 16.7. The first-order chi connectivity index (χ1) is 18.4. The van der Waals surface area contributed by atoms with Crippen molar-refractivity contribution in [2.75, 3.05) is 31.1 Å². The second kappa shape index (κ2) is 11.4. The van der Waals surface area contributed by atoms with Crippen LogP contribution < -0.4 is 15.3 Å². The smallest absolute Gasteiger partial charge is 0.410 e. The van der Waals surface area contributed by atoms with Crippen LogP contribution in [-0.2, 0) is 9.16 Å². The van der Waals surface area contributed by atoms with Crippen molar-refractivity contribution >= 4 is 30.7 Å². The fourth-order valence-electron chi connectivity index (χ4n) is 5.20. The number of ether oxygens (including phenoxy) is 1. The molecule has 0 saturated carbocycles. The summed E-state index contributed by atoms with van der Waals surface area (Å²) in [5.74, 6) is 0.518. The fourth-order valence-corrected chi connectivity index (χ4v) is 9.80. The molecule has 1 atom stereocenters. The molecule has 2 heterocycles. The molecule has 39 heavy (non-hydrogen) atoms. The van der Waals surface area contributed by atoms with E-state index in [0.29, 0.717) is 32.2 Å². The van der Waals surface area contributed by atoms with Gasteiger partial charge < -0.3 is 19.2 Å². The number of carbonyl (C=O) groups is 1. The first-order valence-electron chi connectivity index (χ1n) is 13.4. The van der Waals surface area contributed by atoms with Crippen molar-refractivity contribution in [3.63, 3.8) is 0 Å². The van der Waals surface area contributed by atoms with E-state index in [9.17, 15) is 9.90 Å². The molecular weight excluding hydrogens is 508 g/mol. The van der Waals surface area contributed by atoms with Crippen LogP contribution in [0.15, 0.2) is 73.1 Å². The van der Waals surface area contributed by atoms with Gasteiger partial charge in [-0.25, -0.2) is 14.8 Å². The molecule has 1 amide bonds. The molecule has 9 heteroatoms. The Kier molecular flexibility index (Phi) is 8.32. The highest BCUT2D eigenvalue weighted by atomic mass is 28.4. The van der Waals surface area contributed by atoms with E-state index < -0.39 is 13.9 Å². The van der Waals surface area contributed by atoms with Gasteiger partial charge in [-0.05, 0) is 36.2 Å². The Morgan fingerprint density at radius 2 is 1.46 bits per heavy atom. The van der Waals surface area contributed by atoms with Crippen molar-refractivity contribution in [2.45, 2.75) is 58.2 Å². The summed E-state index contributed by atoms with van der Waals surface area (Å²) in [7, 11) is -2.81. The van der Waals surface area contributed by atoms with E-state index in [1.165, 1.54) is 22.8 Å². The number of aromatic hydroxyl groups is 1. The van der Waals surface area contributed by atoms with Gasteiger partial charge in [0.1, 0.15) is 5.60 Å². The molecule has 0 radical (unpaired) electrons. The maximum atomic E-state index is 13.4. The molecule has 1 fully saturated rings. The minimum Gasteiger partial charge on any atom is -0.505 e. The van der Waals surface area contributed by atoms with E-state index in [1.54, 1.807) is 4.90 Å². The van der Waals surface area contributed by atoms with E-state index >= 15 is 0 Å². The van der Waals surface area contributed by atoms with Gasteiger partial charge in [-0.3, -0.25) is 4.90 Å². The number of anilines is 1. The topological polar surface area (TPSA) is 88.0 Å². The molecule has 4 rings (SSSR count). The molecule has 2 aromatic carbocycles. The number of rotatable bonds is 6. The molecule has 0 aliphatic carbocycles. The molecule has 0 spiro atoms. The van der Waals surface area contributed by atoms with E-state index in [-0.39, 0.29) is 22.9 Å². The minimum absolute atomic E-state index is 0.0118. The van der Waals surface area contributed by atoms with E-state index in [1.807, 2.05) is 37.8 Å². The molecular formula is C30H40N4O4Si. The number of nitrogens with zero attached hydrogens (tertiary/aromatic N) is 4. The predicted octanol–water partition coefficient (Wildman–Crippen LogP) is 4.18. The highest BCUT2D eigenvalue weighted by Gasteiger charge is 2.51. The van der Waals surface area contributed by atoms with Gasteiger partial charge in [-0.2, -0.15) is 0 Å². The van der Waals surface area contributed by atoms with Crippen molar-refractivity contribution in [2.24, 2.45) is 0 Å². The van der Waals surface area contributed by atoms with Crippen LogP contribution in [0.3, 0.4) is 0 Å². The van der Waals surface area contributed by atoms with Gasteiger partial charge in [0.05, 0.1) is 25.0 Å². The quantitative estimate of drug-likeness (QED) is 0.462. The largest absolute Gasteiger partial charge is 0.505 e. The second-order valence-corrected chi connectivity index (χ2v) is 16.3. The summed E-state index contributed by atoms with van der Waals surface area (Å²) in [4.78, 5) is 25.8. The summed E-state index contributed by atoms with van der Waals surface area (Å²) in [6.45, 7) is 14.1. The van der Waals surface area contributed by atoms with Crippen LogP contribution in [0.5, 0.6) is 5.75 Å². The summed E-state index contributed by atoms with van der Waals surface area (Å²) in [5.41, 5.74) is -0.613. The van der Waals surface area contributed by atoms with Gasteiger partial charge in [0.2, 0.25) is 5.95 Å². The second-order valence-electron chi connectivity index (χ2n) is 12.0. The number of amides is 1. The van der Waals surface area contributed by atoms with Gasteiger partial charge in [0.25, 0.3) is 8.32 Å². The number of aromatic nitrogens is 2. The summed E-state index contributed by atoms with van der Waals surface area (Å²) in [5, 5.41) is 11.8. The predicted molar refractivity (Wildman–Crippen MR) is 156 cm³/mol. The Morgan fingerprint density at radius 1 is 0.923 bits per heavy atom. The van der Waals surface area contributed by atoms with Crippen LogP contribution in [0, 0.1) is 0 Å². The van der Waals surface area contributed by atoms with E-state index in [2.05, 4.69) is 79.3 Å². The lowest BCUT2D eigenvalue weighted by molar-refractivity contribution is 0.00797. The molecule has 1 aromatic heterocycles. The van der Waals surface area contributed by atoms with Crippen molar-refractivity contribution < 1.29 is 19.1 Å². The molecule has 3 aromatic rings. The maximum absolute atomic E-state index is 13.4. The Balaban J connectivity index is 1.71. The molecule has 1 aliphatic heterocycles. The van der Waals surface area contributed by atoms with Crippen LogP contribution >= 0.6 is 0 Å². The number of hydrogen-bond donors (Lipinski definition) is 1. The Bertz CT molecular complexity index is 1190. The lowest BCUT2D eigenvalue weighted by atomic mass is 10.2. The lowest BCUT2D eigenvalue weighted by Gasteiger charge is -2.46. The van der Waals surface area contributed by atoms with E-state index in [4.69, 9.17) is 9.16 Å². The molecule has 0 bridgehead atoms. The third-order valence-corrected chi connectivity index (χ3v) is 11.9. The van der Waals surface area contributed by atoms with Crippen LogP contribution in [0.25, 0.3) is 0 Å². The van der Waals surface area contributed by atoms with Gasteiger partial charge in [0, 0.05) is 19.6 Å². The summed E-state index contributed by atoms with van der Waals surface area (Å²) >= 11 is 0. The molecule has 1 saturated heterocycles. The molecule has 8 nitrogen and oxygen atoms in total. The Hall–Kier alpha value is -3.43. The van der Waals surface area contributed by atoms with Gasteiger partial charge in [0.15, 0.2) is 5.75 Å². The third-order valence-electron chi connectivity index (χ3n) is 6.93. The zero-order valence-corrected chi connectivity index (χ0v) is 24.8. The standard InChI is InChI=1S/C30H40N4O4Si/c1-29(2,3)38-28(36)34-18-17-33(27-31-19-24(35)20-32-27)21-23(34)22-37-39(30(4,5)6,25-13-9-7-10-14-25)26-15-11-8-12-16-26/h7-16,19-20,23,35H,17-18,21-22H2,1-6H3. The highest BCUT2D eigenvalue weighted by molar-refractivity contribution is 6.99. The maximum Gasteiger partial charge on any atom is 0.410 e. The molecule has 208 valence electrons. The number of carbonyl (C=O) groups excluding carboxylic acids is 1. The van der Waals surface area contributed by atoms with Crippen molar-refractivity contribution in [1.29, 1.82) is 0 Å². The van der Waals surface area contributed by atoms with Crippen molar-refractivity contribution in [3.05, 3.63) is 73.1 Å². The van der Waals surface area contributed by atoms with Crippen LogP contribution in [-0.4, -0.2) is 72.3 Å². The van der Waals surface area contributed by atoms with Gasteiger partial charge >= 0.3 is 6.09 Å². The van der Waals surface area contributed by atoms with Crippen LogP contribution in [0.4, 0.5) is 10.7 Å². The number of hydrogen-bond acceptors (Lipinski definition) is 7. The number of piperazine rings is 1. The van der Waals surface area contributed by atoms with Gasteiger partial charge in [-0.1, -0.05) is 81.4 Å². The minimum atomic E-state index is -2.81. The van der Waals surface area contributed by atoms with E-state index in [0.717, 1.165) is 0 Å². The van der Waals surface area contributed by atoms with Crippen LogP contribution in [0.1, 0.15) is 41.5 Å². The average Bonchev–Trinajstić information content (AvgIpc) is 2.89. The molecule has 1 unspecified atom stereocenters. The monoisotopic (exact) mass is 548 g/mol. The SMILES string of the molecule is CC(C)(C)OC(=O)N1CCN(c2ncc(O)cn2)CC1CO[Si](c1ccccc1)(c1ccccc1)C(C)(C)C. The first kappa shape index (κ1) is 28.6. The number of benzene rings is 2. The van der Waals surface area contributed by atoms with Crippen molar-refractivity contribution in [1.82, 2.24) is 14.9 Å². The van der Waals surface area contributed by atoms with Gasteiger partial charge in [-0.15, -0.1) is 0 Å². The average molecular weight is 549 g/mol. The fraction of sp³-hybridized carbons (Fsp3) is 0.433. The lowest BCUT2D eigenvalue weighted by Crippen LogP contribution is -2.68. The highest BCUT2D eigenvalue weighted by Crippen LogP contribution is 2.37. The zero-order chi connectivity index (χ0) is 28.3. The van der Waals surface area contributed by atoms with Crippen molar-refractivity contribution in [3.8, 4) is 5.75 Å². The first-order valence-corrected chi connectivity index (χ1v) is 15.3. The summed E-state index contributed by atoms with van der Waals surface area (Å²) in [6.07, 6.45) is 2.41. The Labute approximate surface area is 232 Å².